The van der Waals surface area contributed by atoms with E-state index < -0.39 is 16.6 Å². The highest BCUT2D eigenvalue weighted by atomic mass is 16.6. The summed E-state index contributed by atoms with van der Waals surface area (Å²) in [5.74, 6) is 1.08. The standard InChI is InChI=1S/C18H20N2O6/c1-18(2,19-17(21)22)11-12-4-6-13(7-5-12)26-14-8-9-15(20(23)24)16(10-14)25-3/h4-10,19H,11H2,1-3H3,(H,21,22). The monoisotopic (exact) mass is 360 g/mol. The lowest BCUT2D eigenvalue weighted by molar-refractivity contribution is -0.385. The van der Waals surface area contributed by atoms with E-state index in [4.69, 9.17) is 14.6 Å². The lowest BCUT2D eigenvalue weighted by Gasteiger charge is -2.24. The fourth-order valence-electron chi connectivity index (χ4n) is 2.53. The quantitative estimate of drug-likeness (QED) is 0.570. The van der Waals surface area contributed by atoms with Crippen LogP contribution in [-0.4, -0.2) is 28.8 Å². The number of hydrogen-bond acceptors (Lipinski definition) is 5. The normalized spacial score (nSPS) is 10.9. The topological polar surface area (TPSA) is 111 Å². The van der Waals surface area contributed by atoms with Crippen LogP contribution >= 0.6 is 0 Å². The molecule has 26 heavy (non-hydrogen) atoms. The number of nitro groups is 1. The molecular formula is C18H20N2O6. The first-order chi connectivity index (χ1) is 12.2. The van der Waals surface area contributed by atoms with Crippen molar-refractivity contribution in [1.29, 1.82) is 0 Å². The van der Waals surface area contributed by atoms with Gasteiger partial charge in [0.25, 0.3) is 0 Å². The van der Waals surface area contributed by atoms with Crippen molar-refractivity contribution in [2.24, 2.45) is 0 Å². The molecule has 0 unspecified atom stereocenters. The lowest BCUT2D eigenvalue weighted by atomic mass is 9.95. The highest BCUT2D eigenvalue weighted by molar-refractivity contribution is 5.65. The van der Waals surface area contributed by atoms with Gasteiger partial charge in [0.15, 0.2) is 0 Å². The molecule has 0 fully saturated rings. The lowest BCUT2D eigenvalue weighted by Crippen LogP contribution is -2.44. The molecule has 2 N–H and O–H groups in total. The third kappa shape index (κ3) is 5.10. The molecule has 2 rings (SSSR count). The van der Waals surface area contributed by atoms with Gasteiger partial charge in [-0.3, -0.25) is 10.1 Å². The molecular weight excluding hydrogens is 340 g/mol. The Balaban J connectivity index is 2.10. The van der Waals surface area contributed by atoms with Crippen LogP contribution in [0, 0.1) is 10.1 Å². The number of ether oxygens (including phenoxy) is 2. The van der Waals surface area contributed by atoms with Crippen LogP contribution in [0.1, 0.15) is 19.4 Å². The summed E-state index contributed by atoms with van der Waals surface area (Å²) in [6.45, 7) is 3.60. The van der Waals surface area contributed by atoms with Gasteiger partial charge in [0.05, 0.1) is 12.0 Å². The van der Waals surface area contributed by atoms with Crippen LogP contribution in [0.15, 0.2) is 42.5 Å². The fraction of sp³-hybridized carbons (Fsp3) is 0.278. The zero-order valence-electron chi connectivity index (χ0n) is 14.7. The zero-order valence-corrected chi connectivity index (χ0v) is 14.7. The second kappa shape index (κ2) is 7.73. The maximum atomic E-state index is 10.9. The van der Waals surface area contributed by atoms with E-state index in [9.17, 15) is 14.9 Å². The first-order valence-corrected chi connectivity index (χ1v) is 7.80. The molecule has 2 aromatic rings. The minimum absolute atomic E-state index is 0.116. The molecule has 1 amide bonds. The second-order valence-electron chi connectivity index (χ2n) is 6.33. The summed E-state index contributed by atoms with van der Waals surface area (Å²) >= 11 is 0. The number of hydrogen-bond donors (Lipinski definition) is 2. The summed E-state index contributed by atoms with van der Waals surface area (Å²) in [6.07, 6.45) is -0.549. The summed E-state index contributed by atoms with van der Waals surface area (Å²) in [6, 6.07) is 11.4. The van der Waals surface area contributed by atoms with Crippen LogP contribution in [0.2, 0.25) is 0 Å². The van der Waals surface area contributed by atoms with Gasteiger partial charge in [-0.1, -0.05) is 12.1 Å². The van der Waals surface area contributed by atoms with E-state index in [1.807, 2.05) is 12.1 Å². The van der Waals surface area contributed by atoms with E-state index >= 15 is 0 Å². The molecule has 0 radical (unpaired) electrons. The Bertz CT molecular complexity index is 802. The van der Waals surface area contributed by atoms with Crippen LogP contribution in [0.25, 0.3) is 0 Å². The van der Waals surface area contributed by atoms with E-state index in [0.29, 0.717) is 17.9 Å². The van der Waals surface area contributed by atoms with Gasteiger partial charge in [0.1, 0.15) is 11.5 Å². The molecule has 0 atom stereocenters. The number of benzene rings is 2. The molecule has 0 heterocycles. The van der Waals surface area contributed by atoms with Crippen molar-refractivity contribution in [3.63, 3.8) is 0 Å². The van der Waals surface area contributed by atoms with Gasteiger partial charge < -0.3 is 19.9 Å². The van der Waals surface area contributed by atoms with Crippen LogP contribution in [0.5, 0.6) is 17.2 Å². The molecule has 0 aliphatic carbocycles. The molecule has 0 aromatic heterocycles. The number of amides is 1. The van der Waals surface area contributed by atoms with Crippen molar-refractivity contribution < 1.29 is 24.3 Å². The van der Waals surface area contributed by atoms with Gasteiger partial charge in [0.2, 0.25) is 5.75 Å². The third-order valence-corrected chi connectivity index (χ3v) is 3.60. The Labute approximate surface area is 150 Å². The molecule has 0 spiro atoms. The van der Waals surface area contributed by atoms with E-state index in [0.717, 1.165) is 5.56 Å². The molecule has 0 saturated carbocycles. The van der Waals surface area contributed by atoms with Crippen molar-refractivity contribution in [3.8, 4) is 17.2 Å². The number of carbonyl (C=O) groups is 1. The van der Waals surface area contributed by atoms with Gasteiger partial charge in [-0.05, 0) is 44.0 Å². The third-order valence-electron chi connectivity index (χ3n) is 3.60. The summed E-state index contributed by atoms with van der Waals surface area (Å²) in [4.78, 5) is 21.2. The number of nitrogens with one attached hydrogen (secondary N) is 1. The van der Waals surface area contributed by atoms with E-state index in [2.05, 4.69) is 5.32 Å². The molecule has 0 saturated heterocycles. The van der Waals surface area contributed by atoms with Gasteiger partial charge in [-0.15, -0.1) is 0 Å². The molecule has 0 aliphatic rings. The smallest absolute Gasteiger partial charge is 0.405 e. The second-order valence-corrected chi connectivity index (χ2v) is 6.33. The summed E-state index contributed by atoms with van der Waals surface area (Å²) in [5, 5.41) is 22.2. The average Bonchev–Trinajstić information content (AvgIpc) is 2.54. The largest absolute Gasteiger partial charge is 0.490 e. The minimum atomic E-state index is -1.07. The minimum Gasteiger partial charge on any atom is -0.490 e. The summed E-state index contributed by atoms with van der Waals surface area (Å²) < 4.78 is 10.7. The molecule has 8 nitrogen and oxygen atoms in total. The maximum Gasteiger partial charge on any atom is 0.405 e. The highest BCUT2D eigenvalue weighted by Gasteiger charge is 2.20. The summed E-state index contributed by atoms with van der Waals surface area (Å²) in [5.41, 5.74) is 0.209. The Kier molecular flexibility index (Phi) is 5.66. The Morgan fingerprint density at radius 3 is 2.35 bits per heavy atom. The van der Waals surface area contributed by atoms with Crippen molar-refractivity contribution in [2.75, 3.05) is 7.11 Å². The molecule has 8 heteroatoms. The predicted molar refractivity (Wildman–Crippen MR) is 95.1 cm³/mol. The number of nitrogens with zero attached hydrogens (tertiary/aromatic N) is 1. The molecule has 2 aromatic carbocycles. The van der Waals surface area contributed by atoms with Gasteiger partial charge >= 0.3 is 11.8 Å². The number of rotatable bonds is 7. The maximum absolute atomic E-state index is 10.9. The van der Waals surface area contributed by atoms with Crippen LogP contribution in [0.3, 0.4) is 0 Å². The van der Waals surface area contributed by atoms with E-state index in [1.54, 1.807) is 26.0 Å². The van der Waals surface area contributed by atoms with Crippen molar-refractivity contribution in [3.05, 3.63) is 58.1 Å². The molecule has 138 valence electrons. The van der Waals surface area contributed by atoms with E-state index in [-0.39, 0.29) is 11.4 Å². The van der Waals surface area contributed by atoms with Crippen molar-refractivity contribution >= 4 is 11.8 Å². The Hall–Kier alpha value is -3.29. The van der Waals surface area contributed by atoms with Crippen LogP contribution in [-0.2, 0) is 6.42 Å². The highest BCUT2D eigenvalue weighted by Crippen LogP contribution is 2.33. The van der Waals surface area contributed by atoms with Gasteiger partial charge in [-0.25, -0.2) is 4.79 Å². The predicted octanol–water partition coefficient (Wildman–Crippen LogP) is 3.98. The number of carboxylic acid groups (broad SMARTS) is 1. The first-order valence-electron chi connectivity index (χ1n) is 7.80. The van der Waals surface area contributed by atoms with Crippen LogP contribution < -0.4 is 14.8 Å². The zero-order chi connectivity index (χ0) is 19.3. The Morgan fingerprint density at radius 1 is 1.19 bits per heavy atom. The molecule has 0 bridgehead atoms. The van der Waals surface area contributed by atoms with Crippen molar-refractivity contribution in [2.45, 2.75) is 25.8 Å². The summed E-state index contributed by atoms with van der Waals surface area (Å²) in [7, 11) is 1.35. The number of nitro benzene ring substituents is 1. The average molecular weight is 360 g/mol. The van der Waals surface area contributed by atoms with Crippen LogP contribution in [0.4, 0.5) is 10.5 Å². The van der Waals surface area contributed by atoms with Crippen molar-refractivity contribution in [1.82, 2.24) is 5.32 Å². The Morgan fingerprint density at radius 2 is 1.81 bits per heavy atom. The first kappa shape index (κ1) is 19.0. The fourth-order valence-corrected chi connectivity index (χ4v) is 2.53. The number of methoxy groups -OCH3 is 1. The SMILES string of the molecule is COc1cc(Oc2ccc(CC(C)(C)NC(=O)O)cc2)ccc1[N+](=O)[O-]. The molecule has 0 aliphatic heterocycles. The van der Waals surface area contributed by atoms with E-state index in [1.165, 1.54) is 25.3 Å². The van der Waals surface area contributed by atoms with Gasteiger partial charge in [0, 0.05) is 17.7 Å². The van der Waals surface area contributed by atoms with Gasteiger partial charge in [-0.2, -0.15) is 0 Å².